The quantitative estimate of drug-likeness (QED) is 0.620. The van der Waals surface area contributed by atoms with E-state index < -0.39 is 16.9 Å². The summed E-state index contributed by atoms with van der Waals surface area (Å²) in [5.41, 5.74) is 0.402. The number of rotatable bonds is 7. The molecule has 1 atom stereocenters. The lowest BCUT2D eigenvalue weighted by atomic mass is 10.2. The number of benzene rings is 2. The second kappa shape index (κ2) is 7.96. The van der Waals surface area contributed by atoms with Crippen molar-refractivity contribution in [2.45, 2.75) is 20.0 Å². The molecule has 126 valence electrons. The summed E-state index contributed by atoms with van der Waals surface area (Å²) in [5, 5.41) is 13.7. The van der Waals surface area contributed by atoms with E-state index in [4.69, 9.17) is 9.47 Å². The van der Waals surface area contributed by atoms with Gasteiger partial charge in [0, 0.05) is 11.8 Å². The molecule has 0 spiro atoms. The molecule has 0 aliphatic heterocycles. The smallest absolute Gasteiger partial charge is 0.310 e. The van der Waals surface area contributed by atoms with Gasteiger partial charge in [0.05, 0.1) is 11.5 Å². The maximum atomic E-state index is 12.2. The SMILES string of the molecule is CCOc1ccc(NC(=O)C(C)Oc2ccccc2[N+](=O)[O-])cc1. The van der Waals surface area contributed by atoms with Gasteiger partial charge < -0.3 is 14.8 Å². The Kier molecular flexibility index (Phi) is 5.73. The van der Waals surface area contributed by atoms with E-state index in [1.54, 1.807) is 30.3 Å². The lowest BCUT2D eigenvalue weighted by Crippen LogP contribution is -2.30. The number of amides is 1. The topological polar surface area (TPSA) is 90.7 Å². The summed E-state index contributed by atoms with van der Waals surface area (Å²) in [6, 6.07) is 12.8. The predicted molar refractivity (Wildman–Crippen MR) is 89.4 cm³/mol. The Morgan fingerprint density at radius 2 is 1.88 bits per heavy atom. The number of hydrogen-bond acceptors (Lipinski definition) is 5. The predicted octanol–water partition coefficient (Wildman–Crippen LogP) is 3.40. The summed E-state index contributed by atoms with van der Waals surface area (Å²) < 4.78 is 10.8. The molecular weight excluding hydrogens is 312 g/mol. The van der Waals surface area contributed by atoms with Crippen molar-refractivity contribution in [3.05, 3.63) is 58.6 Å². The van der Waals surface area contributed by atoms with Crippen molar-refractivity contribution in [3.8, 4) is 11.5 Å². The van der Waals surface area contributed by atoms with Crippen LogP contribution in [0.15, 0.2) is 48.5 Å². The summed E-state index contributed by atoms with van der Waals surface area (Å²) in [5.74, 6) is 0.355. The number of nitro groups is 1. The molecule has 0 aliphatic rings. The van der Waals surface area contributed by atoms with Gasteiger partial charge in [0.25, 0.3) is 5.91 Å². The number of carbonyl (C=O) groups excluding carboxylic acids is 1. The van der Waals surface area contributed by atoms with Crippen molar-refractivity contribution in [2.75, 3.05) is 11.9 Å². The molecule has 0 aliphatic carbocycles. The number of ether oxygens (including phenoxy) is 2. The molecule has 0 bridgehead atoms. The van der Waals surface area contributed by atoms with Crippen LogP contribution >= 0.6 is 0 Å². The van der Waals surface area contributed by atoms with Gasteiger partial charge in [0.2, 0.25) is 0 Å². The van der Waals surface area contributed by atoms with Gasteiger partial charge >= 0.3 is 5.69 Å². The molecule has 2 aromatic carbocycles. The van der Waals surface area contributed by atoms with Gasteiger partial charge in [-0.25, -0.2) is 0 Å². The number of nitrogens with zero attached hydrogens (tertiary/aromatic N) is 1. The lowest BCUT2D eigenvalue weighted by Gasteiger charge is -2.15. The normalized spacial score (nSPS) is 11.4. The van der Waals surface area contributed by atoms with Crippen LogP contribution in [0.25, 0.3) is 0 Å². The van der Waals surface area contributed by atoms with Crippen molar-refractivity contribution in [1.82, 2.24) is 0 Å². The number of carbonyl (C=O) groups is 1. The third-order valence-corrected chi connectivity index (χ3v) is 3.17. The number of nitro benzene ring substituents is 1. The standard InChI is InChI=1S/C17H18N2O5/c1-3-23-14-10-8-13(9-11-14)18-17(20)12(2)24-16-7-5-4-6-15(16)19(21)22/h4-12H,3H2,1-2H3,(H,18,20). The maximum Gasteiger partial charge on any atom is 0.310 e. The van der Waals surface area contributed by atoms with Gasteiger partial charge in [-0.2, -0.15) is 0 Å². The monoisotopic (exact) mass is 330 g/mol. The molecule has 0 fully saturated rings. The second-order valence-corrected chi connectivity index (χ2v) is 4.93. The fraction of sp³-hybridized carbons (Fsp3) is 0.235. The van der Waals surface area contributed by atoms with Crippen molar-refractivity contribution >= 4 is 17.3 Å². The summed E-state index contributed by atoms with van der Waals surface area (Å²) in [6.45, 7) is 3.98. The molecule has 0 saturated heterocycles. The second-order valence-electron chi connectivity index (χ2n) is 4.93. The largest absolute Gasteiger partial charge is 0.494 e. The molecule has 0 heterocycles. The van der Waals surface area contributed by atoms with Crippen molar-refractivity contribution in [2.24, 2.45) is 0 Å². The molecule has 1 amide bonds. The van der Waals surface area contributed by atoms with Gasteiger partial charge in [0.15, 0.2) is 11.9 Å². The van der Waals surface area contributed by atoms with Crippen LogP contribution in [0.1, 0.15) is 13.8 Å². The molecule has 1 unspecified atom stereocenters. The highest BCUT2D eigenvalue weighted by Gasteiger charge is 2.20. The Morgan fingerprint density at radius 3 is 2.50 bits per heavy atom. The van der Waals surface area contributed by atoms with E-state index in [0.717, 1.165) is 0 Å². The van der Waals surface area contributed by atoms with E-state index in [9.17, 15) is 14.9 Å². The lowest BCUT2D eigenvalue weighted by molar-refractivity contribution is -0.386. The van der Waals surface area contributed by atoms with Crippen LogP contribution in [0.2, 0.25) is 0 Å². The molecule has 7 heteroatoms. The van der Waals surface area contributed by atoms with Crippen LogP contribution < -0.4 is 14.8 Å². The minimum atomic E-state index is -0.891. The van der Waals surface area contributed by atoms with Gasteiger partial charge in [0.1, 0.15) is 5.75 Å². The van der Waals surface area contributed by atoms with Crippen LogP contribution in [0.4, 0.5) is 11.4 Å². The fourth-order valence-electron chi connectivity index (χ4n) is 2.00. The molecular formula is C17H18N2O5. The van der Waals surface area contributed by atoms with E-state index in [1.165, 1.54) is 25.1 Å². The molecule has 7 nitrogen and oxygen atoms in total. The summed E-state index contributed by atoms with van der Waals surface area (Å²) in [4.78, 5) is 22.6. The Bertz CT molecular complexity index is 715. The molecule has 2 aromatic rings. The van der Waals surface area contributed by atoms with Gasteiger partial charge in [-0.05, 0) is 44.2 Å². The third kappa shape index (κ3) is 4.45. The summed E-state index contributed by atoms with van der Waals surface area (Å²) in [6.07, 6.45) is -0.891. The van der Waals surface area contributed by atoms with Crippen molar-refractivity contribution in [1.29, 1.82) is 0 Å². The average molecular weight is 330 g/mol. The Hall–Kier alpha value is -3.09. The Morgan fingerprint density at radius 1 is 1.21 bits per heavy atom. The van der Waals surface area contributed by atoms with Crippen LogP contribution in [-0.2, 0) is 4.79 Å². The fourth-order valence-corrected chi connectivity index (χ4v) is 2.00. The van der Waals surface area contributed by atoms with E-state index in [-0.39, 0.29) is 11.4 Å². The minimum Gasteiger partial charge on any atom is -0.494 e. The van der Waals surface area contributed by atoms with E-state index in [0.29, 0.717) is 18.0 Å². The average Bonchev–Trinajstić information content (AvgIpc) is 2.57. The van der Waals surface area contributed by atoms with Crippen LogP contribution in [0, 0.1) is 10.1 Å². The van der Waals surface area contributed by atoms with Crippen LogP contribution in [0.3, 0.4) is 0 Å². The number of anilines is 1. The molecule has 0 saturated carbocycles. The third-order valence-electron chi connectivity index (χ3n) is 3.17. The maximum absolute atomic E-state index is 12.2. The zero-order valence-corrected chi connectivity index (χ0v) is 13.4. The number of para-hydroxylation sites is 2. The van der Waals surface area contributed by atoms with Crippen molar-refractivity contribution < 1.29 is 19.2 Å². The molecule has 1 N–H and O–H groups in total. The zero-order valence-electron chi connectivity index (χ0n) is 13.4. The van der Waals surface area contributed by atoms with E-state index in [2.05, 4.69) is 5.32 Å². The van der Waals surface area contributed by atoms with Crippen molar-refractivity contribution in [3.63, 3.8) is 0 Å². The first-order valence-electron chi connectivity index (χ1n) is 7.45. The van der Waals surface area contributed by atoms with E-state index in [1.807, 2.05) is 6.92 Å². The van der Waals surface area contributed by atoms with Crippen LogP contribution in [-0.4, -0.2) is 23.5 Å². The highest BCUT2D eigenvalue weighted by atomic mass is 16.6. The number of hydrogen-bond donors (Lipinski definition) is 1. The minimum absolute atomic E-state index is 0.0526. The first-order valence-corrected chi connectivity index (χ1v) is 7.45. The molecule has 0 radical (unpaired) electrons. The summed E-state index contributed by atoms with van der Waals surface area (Å²) in [7, 11) is 0. The molecule has 0 aromatic heterocycles. The van der Waals surface area contributed by atoms with Gasteiger partial charge in [-0.1, -0.05) is 12.1 Å². The number of nitrogens with one attached hydrogen (secondary N) is 1. The zero-order chi connectivity index (χ0) is 17.5. The summed E-state index contributed by atoms with van der Waals surface area (Å²) >= 11 is 0. The molecule has 24 heavy (non-hydrogen) atoms. The van der Waals surface area contributed by atoms with Gasteiger partial charge in [-0.3, -0.25) is 14.9 Å². The Labute approximate surface area is 139 Å². The van der Waals surface area contributed by atoms with Gasteiger partial charge in [-0.15, -0.1) is 0 Å². The van der Waals surface area contributed by atoms with E-state index >= 15 is 0 Å². The molecule has 2 rings (SSSR count). The first-order chi connectivity index (χ1) is 11.5. The highest BCUT2D eigenvalue weighted by molar-refractivity contribution is 5.94. The highest BCUT2D eigenvalue weighted by Crippen LogP contribution is 2.27. The van der Waals surface area contributed by atoms with Crippen LogP contribution in [0.5, 0.6) is 11.5 Å². The first kappa shape index (κ1) is 17.3. The Balaban J connectivity index is 2.01.